The van der Waals surface area contributed by atoms with E-state index in [1.165, 1.54) is 30.5 Å². The number of amides is 17. The molecule has 3 aliphatic rings. The van der Waals surface area contributed by atoms with Crippen molar-refractivity contribution in [2.45, 2.75) is 196 Å². The summed E-state index contributed by atoms with van der Waals surface area (Å²) in [6.07, 6.45) is 1.22. The van der Waals surface area contributed by atoms with Gasteiger partial charge < -0.3 is 137 Å². The molecule has 150 heavy (non-hydrogen) atoms. The molecule has 15 atom stereocenters. The standard InChI is InChI=1S/C96H130N26O26S2/c1-5-51(2)82(116-95(147)83(52(3)123)117-91(143)66(34-55-41-103-62-19-10-7-16-59(55)62)107-85(137)64(106-53(4)124)21-12-13-23-101-77(127)44-118-25-27-119(45-79(130)131)29-31-121(47-81(134)135)32-30-120(28-26-118)46-80(132)133)94(146)115-73-49-150-149-48-72(93(145)113-71(96(148)122-24-14-22-74(122)84(99)136)35-56-42-104-63-20-11-8-17-60(56)63)114-90(142)70(39-78(128)129)112-87(139)67(36-57-43-100-50-105-57)109-86(138)65(33-54-40-102-61-18-9-6-15-58(54)61)108-88(140)68(37-75(97)125)110-89(141)69(38-76(98)126)111-92(73)144/h6-11,15-20,40-43,50-52,64-74,82-83,102-104,123H,5,12-14,21-39,44-49H2,1-4H3,(H2,97,125)(H2,98,126)(H2,99,136)(H,100,105)(H,101,127)(H,106,124)(H,107,137)(H,108,140)(H,109,138)(H,110,141)(H,111,144)(H,112,139)(H,113,145)(H,114,142)(H,115,146)(H,116,147)(H,117,143)(H,128,129)(H,130,131)(H,132,133)(H,134,135)/t51-,52+,64+,65-,66-,67-,68-,69-,70-,71-,72-,73-,74-,82-,83-/m0/s1. The van der Waals surface area contributed by atoms with Gasteiger partial charge in [0.15, 0.2) is 0 Å². The van der Waals surface area contributed by atoms with Crippen LogP contribution in [-0.2, 0) is 126 Å². The molecule has 3 fully saturated rings. The van der Waals surface area contributed by atoms with E-state index in [1.807, 2.05) is 0 Å². The van der Waals surface area contributed by atoms with Crippen LogP contribution in [0.1, 0.15) is 108 Å². The number of nitrogens with zero attached hydrogens (tertiary/aromatic N) is 6. The molecule has 0 radical (unpaired) electrons. The fourth-order valence-corrected chi connectivity index (χ4v) is 20.0. The van der Waals surface area contributed by atoms with Crippen LogP contribution in [0, 0.1) is 5.92 Å². The number of carbonyl (C=O) groups excluding carboxylic acids is 17. The normalized spacial score (nSPS) is 20.7. The minimum atomic E-state index is -2.16. The van der Waals surface area contributed by atoms with Gasteiger partial charge in [-0.15, -0.1) is 0 Å². The van der Waals surface area contributed by atoms with Crippen LogP contribution in [0.25, 0.3) is 32.7 Å². The Morgan fingerprint density at radius 1 is 0.473 bits per heavy atom. The molecule has 0 spiro atoms. The van der Waals surface area contributed by atoms with Crippen LogP contribution in [0.15, 0.2) is 104 Å². The average Bonchev–Trinajstić information content (AvgIpc) is 1.66. The molecule has 52 nitrogen and oxygen atoms in total. The summed E-state index contributed by atoms with van der Waals surface area (Å²) in [5.74, 6) is -26.2. The molecule has 3 aliphatic heterocycles. The first-order valence-corrected chi connectivity index (χ1v) is 51.3. The maximum atomic E-state index is 15.5. The van der Waals surface area contributed by atoms with Crippen LogP contribution in [-0.4, -0.2) is 387 Å². The second-order valence-electron chi connectivity index (χ2n) is 37.1. The molecule has 7 aromatic rings. The predicted molar refractivity (Wildman–Crippen MR) is 543 cm³/mol. The van der Waals surface area contributed by atoms with Crippen molar-refractivity contribution in [1.82, 2.24) is 119 Å². The van der Waals surface area contributed by atoms with Crippen LogP contribution < -0.4 is 86.3 Å². The van der Waals surface area contributed by atoms with Gasteiger partial charge in [-0.25, -0.2) is 4.98 Å². The number of benzene rings is 3. The Morgan fingerprint density at radius 3 is 1.41 bits per heavy atom. The number of para-hydroxylation sites is 3. The average molecular weight is 2130 g/mol. The fraction of sp³-hybridized carbons (Fsp3) is 0.500. The third-order valence-electron chi connectivity index (χ3n) is 25.7. The van der Waals surface area contributed by atoms with Gasteiger partial charge in [0.1, 0.15) is 78.5 Å². The molecule has 10 rings (SSSR count). The van der Waals surface area contributed by atoms with Gasteiger partial charge >= 0.3 is 23.9 Å². The summed E-state index contributed by atoms with van der Waals surface area (Å²) in [5, 5.41) is 85.9. The minimum Gasteiger partial charge on any atom is -0.481 e. The van der Waals surface area contributed by atoms with Gasteiger partial charge in [-0.3, -0.25) is 120 Å². The molecule has 0 saturated carbocycles. The monoisotopic (exact) mass is 2130 g/mol. The maximum Gasteiger partial charge on any atom is 0.317 e. The van der Waals surface area contributed by atoms with Gasteiger partial charge in [0.25, 0.3) is 0 Å². The Bertz CT molecular complexity index is 5970. The lowest BCUT2D eigenvalue weighted by Gasteiger charge is -2.32. The van der Waals surface area contributed by atoms with E-state index in [4.69, 9.17) is 17.2 Å². The van der Waals surface area contributed by atoms with Gasteiger partial charge in [0.2, 0.25) is 100 Å². The van der Waals surface area contributed by atoms with Crippen LogP contribution in [0.5, 0.6) is 0 Å². The second-order valence-corrected chi connectivity index (χ2v) is 39.6. The van der Waals surface area contributed by atoms with Gasteiger partial charge in [0.05, 0.1) is 63.6 Å². The number of likely N-dealkylation sites (tertiary alicyclic amines) is 1. The van der Waals surface area contributed by atoms with Crippen molar-refractivity contribution >= 4 is 179 Å². The van der Waals surface area contributed by atoms with Gasteiger partial charge in [-0.2, -0.15) is 0 Å². The highest BCUT2D eigenvalue weighted by atomic mass is 33.1. The third kappa shape index (κ3) is 35.6. The number of carboxylic acids is 4. The van der Waals surface area contributed by atoms with Crippen molar-refractivity contribution in [2.24, 2.45) is 23.1 Å². The van der Waals surface area contributed by atoms with Crippen molar-refractivity contribution in [3.8, 4) is 0 Å². The highest BCUT2D eigenvalue weighted by Crippen LogP contribution is 2.29. The number of primary amides is 3. The Labute approximate surface area is 867 Å². The van der Waals surface area contributed by atoms with E-state index in [1.54, 1.807) is 112 Å². The number of H-pyrrole nitrogens is 4. The zero-order valence-corrected chi connectivity index (χ0v) is 84.7. The lowest BCUT2D eigenvalue weighted by molar-refractivity contribution is -0.142. The number of hydrogen-bond donors (Lipinski definition) is 25. The number of aromatic amines is 4. The number of hydrogen-bond acceptors (Lipinski definition) is 29. The first-order valence-electron chi connectivity index (χ1n) is 48.8. The number of carbonyl (C=O) groups is 21. The number of aromatic nitrogens is 5. The third-order valence-corrected chi connectivity index (χ3v) is 28.1. The van der Waals surface area contributed by atoms with Crippen LogP contribution in [0.3, 0.4) is 0 Å². The number of aliphatic carboxylic acids is 4. The lowest BCUT2D eigenvalue weighted by Crippen LogP contribution is -2.63. The van der Waals surface area contributed by atoms with Crippen LogP contribution in [0.4, 0.5) is 0 Å². The number of aliphatic hydroxyl groups excluding tert-OH is 1. The molecule has 812 valence electrons. The Morgan fingerprint density at radius 2 is 0.927 bits per heavy atom. The van der Waals surface area contributed by atoms with E-state index in [0.717, 1.165) is 13.8 Å². The van der Waals surface area contributed by atoms with Crippen LogP contribution >= 0.6 is 21.6 Å². The summed E-state index contributed by atoms with van der Waals surface area (Å²) in [4.78, 5) is 320. The van der Waals surface area contributed by atoms with Crippen LogP contribution in [0.2, 0.25) is 0 Å². The minimum absolute atomic E-state index is 0.00994. The summed E-state index contributed by atoms with van der Waals surface area (Å²) in [5.41, 5.74) is 20.5. The number of fused-ring (bicyclic) bond motifs is 3. The van der Waals surface area contributed by atoms with Crippen molar-refractivity contribution in [1.29, 1.82) is 0 Å². The predicted octanol–water partition coefficient (Wildman–Crippen LogP) is -5.75. The zero-order valence-electron chi connectivity index (χ0n) is 83.0. The SMILES string of the molecule is CC[C@H](C)[C@H](NC(=O)[C@@H](NC(=O)[C@H](Cc1c[nH]c2ccccc12)NC(=O)[C@@H](CCCCNC(=O)CN1CCN(CC(=O)O)CCN(CC(=O)O)CCN(CC(=O)O)CC1)NC(C)=O)[C@@H](C)O)C(=O)N[C@H]1CSSC[C@@H](C(=O)N[C@@H](Cc2c[nH]c3ccccc23)C(=O)N2CCC[C@H]2C(N)=O)NC(=O)[C@H](CC(=O)O)NC(=O)[C@H](Cc2c[nH]cn2)NC(=O)[C@H](Cc2c[nH]c3ccccc23)NC(=O)[C@H](CC(N)=O)NC(=O)[C@H](CC(N)=O)NC1=O. The van der Waals surface area contributed by atoms with Gasteiger partial charge in [-0.05, 0) is 79.8 Å². The molecule has 0 bridgehead atoms. The van der Waals surface area contributed by atoms with Crippen molar-refractivity contribution in [3.05, 3.63) is 126 Å². The summed E-state index contributed by atoms with van der Waals surface area (Å²) < 4.78 is 0. The number of aliphatic hydroxyl groups is 1. The van der Waals surface area contributed by atoms with E-state index in [0.29, 0.717) is 77.4 Å². The molecule has 0 unspecified atom stereocenters. The number of nitrogens with one attached hydrogen (secondary N) is 17. The number of imidazole rings is 1. The molecule has 17 amide bonds. The van der Waals surface area contributed by atoms with E-state index < -0.39 is 258 Å². The van der Waals surface area contributed by atoms with Crippen molar-refractivity contribution in [2.75, 3.05) is 103 Å². The summed E-state index contributed by atoms with van der Waals surface area (Å²) in [6.45, 7) is 5.22. The van der Waals surface area contributed by atoms with E-state index in [2.05, 4.69) is 94.0 Å². The summed E-state index contributed by atoms with van der Waals surface area (Å²) in [6, 6.07) is -2.99. The number of unbranched alkanes of at least 4 members (excludes halogenated alkanes) is 1. The first-order chi connectivity index (χ1) is 71.5. The van der Waals surface area contributed by atoms with Gasteiger partial charge in [-0.1, -0.05) is 96.5 Å². The Hall–Kier alpha value is -15.1. The number of nitrogens with two attached hydrogens (primary N) is 3. The number of carboxylic acid groups (broad SMARTS) is 4. The topological polar surface area (TPSA) is 786 Å². The summed E-state index contributed by atoms with van der Waals surface area (Å²) >= 11 is 0. The largest absolute Gasteiger partial charge is 0.481 e. The molecule has 28 N–H and O–H groups in total. The lowest BCUT2D eigenvalue weighted by atomic mass is 9.97. The van der Waals surface area contributed by atoms with Crippen molar-refractivity contribution in [3.63, 3.8) is 0 Å². The highest BCUT2D eigenvalue weighted by molar-refractivity contribution is 8.76. The molecule has 54 heteroatoms. The summed E-state index contributed by atoms with van der Waals surface area (Å²) in [7, 11) is 1.34. The Balaban J connectivity index is 0.936. The highest BCUT2D eigenvalue weighted by Gasteiger charge is 2.44. The zero-order chi connectivity index (χ0) is 109. The fourth-order valence-electron chi connectivity index (χ4n) is 17.6. The van der Waals surface area contributed by atoms with E-state index in [-0.39, 0.29) is 142 Å². The molecular formula is C96H130N26O26S2. The molecule has 3 saturated heterocycles. The second kappa shape index (κ2) is 56.9. The molecular weight excluding hydrogens is 2000 g/mol. The molecule has 7 heterocycles. The maximum absolute atomic E-state index is 15.5. The quantitative estimate of drug-likeness (QED) is 0.0125. The molecule has 3 aromatic carbocycles. The Kier molecular flexibility index (Phi) is 44.3. The number of rotatable bonds is 43. The van der Waals surface area contributed by atoms with E-state index in [9.17, 15) is 83.1 Å². The smallest absolute Gasteiger partial charge is 0.317 e. The molecule has 0 aliphatic carbocycles. The first kappa shape index (κ1) is 117. The molecule has 4 aromatic heterocycles. The van der Waals surface area contributed by atoms with Gasteiger partial charge in [0, 0.05) is 167 Å². The van der Waals surface area contributed by atoms with Crippen molar-refractivity contribution < 1.29 is 126 Å². The van der Waals surface area contributed by atoms with E-state index >= 15 is 43.2 Å².